The number of aliphatic hydroxyl groups is 3. The van der Waals surface area contributed by atoms with E-state index in [0.717, 1.165) is 17.6 Å². The molecule has 1 heterocycles. The number of hydrogen-bond donors (Lipinski definition) is 5. The number of amides is 3. The van der Waals surface area contributed by atoms with Gasteiger partial charge in [-0.3, -0.25) is 14.5 Å². The van der Waals surface area contributed by atoms with E-state index in [1.807, 2.05) is 25.1 Å². The monoisotopic (exact) mass is 553 g/mol. The van der Waals surface area contributed by atoms with E-state index in [0.29, 0.717) is 6.42 Å². The maximum atomic E-state index is 12.8. The maximum Gasteiger partial charge on any atom is 0.410 e. The van der Waals surface area contributed by atoms with Crippen molar-refractivity contribution in [3.8, 4) is 0 Å². The molecule has 0 bridgehead atoms. The van der Waals surface area contributed by atoms with Gasteiger partial charge in [-0.05, 0) is 18.9 Å². The molecule has 7 atom stereocenters. The van der Waals surface area contributed by atoms with Gasteiger partial charge in [0.05, 0.1) is 13.2 Å². The van der Waals surface area contributed by atoms with Crippen LogP contribution in [0.1, 0.15) is 38.7 Å². The highest BCUT2D eigenvalue weighted by atomic mass is 16.6. The van der Waals surface area contributed by atoms with Gasteiger partial charge in [0.25, 0.3) is 0 Å². The predicted molar refractivity (Wildman–Crippen MR) is 137 cm³/mol. The molecule has 0 spiro atoms. The second-order valence-electron chi connectivity index (χ2n) is 9.40. The molecule has 0 saturated carbocycles. The van der Waals surface area contributed by atoms with Gasteiger partial charge in [0, 0.05) is 20.0 Å². The van der Waals surface area contributed by atoms with E-state index in [-0.39, 0.29) is 19.4 Å². The molecular formula is C26H39N3O10. The van der Waals surface area contributed by atoms with Gasteiger partial charge in [0.1, 0.15) is 37.0 Å². The first-order valence-electron chi connectivity index (χ1n) is 12.8. The van der Waals surface area contributed by atoms with Crippen molar-refractivity contribution in [3.63, 3.8) is 0 Å². The van der Waals surface area contributed by atoms with E-state index < -0.39 is 73.0 Å². The lowest BCUT2D eigenvalue weighted by Crippen LogP contribution is -2.58. The Morgan fingerprint density at radius 2 is 1.82 bits per heavy atom. The Morgan fingerprint density at radius 1 is 1.15 bits per heavy atom. The minimum absolute atomic E-state index is 0.0400. The molecule has 13 nitrogen and oxygen atoms in total. The molecule has 0 aromatic heterocycles. The number of ether oxygens (including phenoxy) is 3. The number of esters is 1. The van der Waals surface area contributed by atoms with Crippen LogP contribution in [0.2, 0.25) is 0 Å². The van der Waals surface area contributed by atoms with Crippen LogP contribution in [0.3, 0.4) is 0 Å². The highest BCUT2D eigenvalue weighted by molar-refractivity contribution is 5.91. The summed E-state index contributed by atoms with van der Waals surface area (Å²) in [5.74, 6) is -1.96. The van der Waals surface area contributed by atoms with Crippen LogP contribution in [0.25, 0.3) is 0 Å². The van der Waals surface area contributed by atoms with Crippen LogP contribution in [0.5, 0.6) is 0 Å². The van der Waals surface area contributed by atoms with Crippen LogP contribution in [-0.4, -0.2) is 107 Å². The molecule has 5 N–H and O–H groups in total. The number of aliphatic hydroxyl groups excluding tert-OH is 3. The third-order valence-corrected chi connectivity index (χ3v) is 6.50. The Hall–Kier alpha value is -3.26. The summed E-state index contributed by atoms with van der Waals surface area (Å²) in [4.78, 5) is 51.0. The van der Waals surface area contributed by atoms with Gasteiger partial charge in [-0.25, -0.2) is 9.59 Å². The molecule has 0 radical (unpaired) electrons. The van der Waals surface area contributed by atoms with Crippen molar-refractivity contribution < 1.29 is 48.7 Å². The number of benzene rings is 1. The SMILES string of the molecule is CCC[C@H](NC(=O)[C@H](C)N(C)C(=O)OCc1ccccc1)C(=O)NC[C@@H](O)[C@H]1O[C@H](C(=O)OC)C[C@@H](O)[C@H]1O. The lowest BCUT2D eigenvalue weighted by molar-refractivity contribution is -0.210. The van der Waals surface area contributed by atoms with E-state index in [4.69, 9.17) is 9.47 Å². The molecule has 1 saturated heterocycles. The fraction of sp³-hybridized carbons (Fsp3) is 0.615. The summed E-state index contributed by atoms with van der Waals surface area (Å²) in [6, 6.07) is 7.14. The number of rotatable bonds is 12. The Balaban J connectivity index is 1.91. The van der Waals surface area contributed by atoms with Crippen LogP contribution in [0, 0.1) is 0 Å². The summed E-state index contributed by atoms with van der Waals surface area (Å²) < 4.78 is 15.3. The van der Waals surface area contributed by atoms with Gasteiger partial charge < -0.3 is 40.2 Å². The average molecular weight is 554 g/mol. The minimum atomic E-state index is -1.50. The number of carbonyl (C=O) groups excluding carboxylic acids is 4. The van der Waals surface area contributed by atoms with Crippen molar-refractivity contribution in [1.29, 1.82) is 0 Å². The Kier molecular flexibility index (Phi) is 12.6. The van der Waals surface area contributed by atoms with Crippen molar-refractivity contribution in [2.45, 2.75) is 82.3 Å². The average Bonchev–Trinajstić information content (AvgIpc) is 2.94. The summed E-state index contributed by atoms with van der Waals surface area (Å²) >= 11 is 0. The fourth-order valence-corrected chi connectivity index (χ4v) is 3.95. The Bertz CT molecular complexity index is 963. The van der Waals surface area contributed by atoms with Crippen LogP contribution < -0.4 is 10.6 Å². The number of nitrogens with zero attached hydrogens (tertiary/aromatic N) is 1. The van der Waals surface area contributed by atoms with E-state index in [9.17, 15) is 34.5 Å². The van der Waals surface area contributed by atoms with Crippen LogP contribution in [-0.2, 0) is 35.2 Å². The molecule has 13 heteroatoms. The molecule has 0 aliphatic carbocycles. The zero-order valence-electron chi connectivity index (χ0n) is 22.6. The van der Waals surface area contributed by atoms with E-state index >= 15 is 0 Å². The minimum Gasteiger partial charge on any atom is -0.467 e. The predicted octanol–water partition coefficient (Wildman–Crippen LogP) is -0.542. The summed E-state index contributed by atoms with van der Waals surface area (Å²) in [6.07, 6.45) is -6.98. The molecule has 218 valence electrons. The zero-order valence-corrected chi connectivity index (χ0v) is 22.6. The molecule has 1 aromatic rings. The van der Waals surface area contributed by atoms with Crippen molar-refractivity contribution in [2.75, 3.05) is 20.7 Å². The van der Waals surface area contributed by atoms with Crippen LogP contribution in [0.15, 0.2) is 30.3 Å². The summed E-state index contributed by atoms with van der Waals surface area (Å²) in [5.41, 5.74) is 0.791. The van der Waals surface area contributed by atoms with Gasteiger partial charge in [-0.15, -0.1) is 0 Å². The third-order valence-electron chi connectivity index (χ3n) is 6.50. The molecule has 39 heavy (non-hydrogen) atoms. The molecule has 0 unspecified atom stereocenters. The lowest BCUT2D eigenvalue weighted by atomic mass is 9.94. The zero-order chi connectivity index (χ0) is 29.1. The number of nitrogens with one attached hydrogen (secondary N) is 2. The second-order valence-corrected chi connectivity index (χ2v) is 9.40. The number of carbonyl (C=O) groups is 4. The third kappa shape index (κ3) is 9.17. The maximum absolute atomic E-state index is 12.8. The molecule has 1 fully saturated rings. The molecule has 1 aliphatic heterocycles. The number of likely N-dealkylation sites (N-methyl/N-ethyl adjacent to an activating group) is 1. The quantitative estimate of drug-likeness (QED) is 0.211. The summed E-state index contributed by atoms with van der Waals surface area (Å²) in [7, 11) is 2.55. The van der Waals surface area contributed by atoms with E-state index in [1.54, 1.807) is 12.1 Å². The smallest absolute Gasteiger partial charge is 0.410 e. The fourth-order valence-electron chi connectivity index (χ4n) is 3.95. The molecule has 3 amide bonds. The molecule has 1 aromatic carbocycles. The van der Waals surface area contributed by atoms with Gasteiger partial charge >= 0.3 is 12.1 Å². The summed E-state index contributed by atoms with van der Waals surface area (Å²) in [6.45, 7) is 2.96. The van der Waals surface area contributed by atoms with Gasteiger partial charge in [-0.1, -0.05) is 43.7 Å². The molecular weight excluding hydrogens is 514 g/mol. The highest BCUT2D eigenvalue weighted by Crippen LogP contribution is 2.23. The van der Waals surface area contributed by atoms with Crippen molar-refractivity contribution in [3.05, 3.63) is 35.9 Å². The Morgan fingerprint density at radius 3 is 2.44 bits per heavy atom. The first-order valence-corrected chi connectivity index (χ1v) is 12.8. The van der Waals surface area contributed by atoms with Crippen molar-refractivity contribution in [1.82, 2.24) is 15.5 Å². The van der Waals surface area contributed by atoms with Crippen molar-refractivity contribution >= 4 is 23.9 Å². The van der Waals surface area contributed by atoms with Gasteiger partial charge in [0.2, 0.25) is 11.8 Å². The highest BCUT2D eigenvalue weighted by Gasteiger charge is 2.43. The second kappa shape index (κ2) is 15.4. The lowest BCUT2D eigenvalue weighted by Gasteiger charge is -2.38. The Labute approximate surface area is 227 Å². The number of hydrogen-bond acceptors (Lipinski definition) is 10. The van der Waals surface area contributed by atoms with Crippen LogP contribution >= 0.6 is 0 Å². The molecule has 1 aliphatic rings. The first-order chi connectivity index (χ1) is 18.5. The number of methoxy groups -OCH3 is 1. The van der Waals surface area contributed by atoms with E-state index in [2.05, 4.69) is 15.4 Å². The first kappa shape index (κ1) is 32.0. The summed E-state index contributed by atoms with van der Waals surface area (Å²) in [5, 5.41) is 35.9. The van der Waals surface area contributed by atoms with E-state index in [1.165, 1.54) is 14.0 Å². The largest absolute Gasteiger partial charge is 0.467 e. The molecule has 2 rings (SSSR count). The van der Waals surface area contributed by atoms with Crippen molar-refractivity contribution in [2.24, 2.45) is 0 Å². The van der Waals surface area contributed by atoms with Gasteiger partial charge in [-0.2, -0.15) is 0 Å². The topological polar surface area (TPSA) is 184 Å². The van der Waals surface area contributed by atoms with Gasteiger partial charge in [0.15, 0.2) is 6.10 Å². The standard InChI is InChI=1S/C26H39N3O10/c1-5-9-17(28-23(33)15(2)29(3)26(36)38-14-16-10-7-6-8-11-16)24(34)27-13-19(31)22-21(32)18(30)12-20(39-22)25(35)37-4/h6-8,10-11,15,17-22,30-32H,5,9,12-14H2,1-4H3,(H,27,34)(H,28,33)/t15-,17-,18+,19+,20-,21+,22+/m0/s1. The normalized spacial score (nSPS) is 23.1. The van der Waals surface area contributed by atoms with Crippen LogP contribution in [0.4, 0.5) is 4.79 Å².